The highest BCUT2D eigenvalue weighted by Gasteiger charge is 1.89. The summed E-state index contributed by atoms with van der Waals surface area (Å²) in [5.74, 6) is 0. The van der Waals surface area contributed by atoms with Gasteiger partial charge >= 0.3 is 0 Å². The van der Waals surface area contributed by atoms with Gasteiger partial charge in [-0.1, -0.05) is 6.07 Å². The molecule has 0 saturated heterocycles. The lowest BCUT2D eigenvalue weighted by Gasteiger charge is -1.93. The van der Waals surface area contributed by atoms with Crippen LogP contribution in [0.4, 0.5) is 0 Å². The van der Waals surface area contributed by atoms with Gasteiger partial charge < -0.3 is 10.5 Å². The van der Waals surface area contributed by atoms with E-state index >= 15 is 0 Å². The number of nitrogens with zero attached hydrogens (tertiary/aromatic N) is 1. The third-order valence-electron chi connectivity index (χ3n) is 1.60. The van der Waals surface area contributed by atoms with E-state index < -0.39 is 0 Å². The van der Waals surface area contributed by atoms with E-state index in [0.29, 0.717) is 6.73 Å². The molecule has 15 heavy (non-hydrogen) atoms. The Bertz CT molecular complexity index is 353. The van der Waals surface area contributed by atoms with E-state index in [2.05, 4.69) is 4.99 Å². The lowest BCUT2D eigenvalue weighted by Crippen LogP contribution is -1.94. The first kappa shape index (κ1) is 11.7. The number of thiophene rings is 1. The summed E-state index contributed by atoms with van der Waals surface area (Å²) >= 11 is 1.68. The molecule has 1 rings (SSSR count). The summed E-state index contributed by atoms with van der Waals surface area (Å²) in [6.07, 6.45) is 7.11. The molecular formula is C11H14N2OS. The number of aliphatic imine (C=N–C) groups is 1. The molecule has 4 heteroatoms. The number of hydrogen-bond donors (Lipinski definition) is 1. The smallest absolute Gasteiger partial charge is 0.137 e. The van der Waals surface area contributed by atoms with Gasteiger partial charge in [-0.3, -0.25) is 4.99 Å². The zero-order valence-corrected chi connectivity index (χ0v) is 9.41. The molecule has 0 aliphatic carbocycles. The maximum atomic E-state index is 5.32. The fourth-order valence-electron chi connectivity index (χ4n) is 0.952. The molecule has 0 spiro atoms. The van der Waals surface area contributed by atoms with Gasteiger partial charge in [0.15, 0.2) is 0 Å². The standard InChI is InChI=1S/C11H14N2OS/c1-14-9-13-10(6-7-12)4-5-11-3-2-8-15-11/h2-8H,9,12H2,1H3/b5-4+,7-6-,13-10+. The van der Waals surface area contributed by atoms with Crippen LogP contribution in [0.15, 0.2) is 40.9 Å². The van der Waals surface area contributed by atoms with Crippen molar-refractivity contribution in [3.63, 3.8) is 0 Å². The van der Waals surface area contributed by atoms with E-state index in [9.17, 15) is 0 Å². The number of allylic oxidation sites excluding steroid dienone is 2. The average Bonchev–Trinajstić information content (AvgIpc) is 2.75. The SMILES string of the molecule is COC/N=C(/C=C\N)\C=C\c1cccs1. The molecule has 0 aromatic carbocycles. The number of rotatable bonds is 5. The monoisotopic (exact) mass is 222 g/mol. The van der Waals surface area contributed by atoms with Crippen molar-refractivity contribution in [1.29, 1.82) is 0 Å². The van der Waals surface area contributed by atoms with E-state index in [1.165, 1.54) is 11.1 Å². The first-order chi connectivity index (χ1) is 7.36. The Balaban J connectivity index is 2.66. The second kappa shape index (κ2) is 6.98. The molecule has 0 aliphatic heterocycles. The minimum absolute atomic E-state index is 0.342. The lowest BCUT2D eigenvalue weighted by atomic mass is 10.3. The number of hydrogen-bond acceptors (Lipinski definition) is 4. The molecule has 0 aliphatic rings. The molecule has 80 valence electrons. The van der Waals surface area contributed by atoms with Crippen LogP contribution in [0.25, 0.3) is 6.08 Å². The molecule has 0 bridgehead atoms. The van der Waals surface area contributed by atoms with Crippen LogP contribution in [0.3, 0.4) is 0 Å². The lowest BCUT2D eigenvalue weighted by molar-refractivity contribution is 0.209. The second-order valence-corrected chi connectivity index (χ2v) is 3.69. The van der Waals surface area contributed by atoms with Crippen molar-refractivity contribution >= 4 is 23.1 Å². The predicted octanol–water partition coefficient (Wildman–Crippen LogP) is 2.28. The first-order valence-electron chi connectivity index (χ1n) is 4.50. The number of ether oxygens (including phenoxy) is 1. The summed E-state index contributed by atoms with van der Waals surface area (Å²) in [6.45, 7) is 0.342. The van der Waals surface area contributed by atoms with Gasteiger partial charge in [0, 0.05) is 12.0 Å². The van der Waals surface area contributed by atoms with Crippen LogP contribution < -0.4 is 5.73 Å². The highest BCUT2D eigenvalue weighted by atomic mass is 32.1. The van der Waals surface area contributed by atoms with Crippen molar-refractivity contribution < 1.29 is 4.74 Å². The Morgan fingerprint density at radius 1 is 1.60 bits per heavy atom. The van der Waals surface area contributed by atoms with E-state index in [4.69, 9.17) is 10.5 Å². The summed E-state index contributed by atoms with van der Waals surface area (Å²) in [4.78, 5) is 5.36. The van der Waals surface area contributed by atoms with Gasteiger partial charge in [0.25, 0.3) is 0 Å². The van der Waals surface area contributed by atoms with Crippen LogP contribution in [0.5, 0.6) is 0 Å². The van der Waals surface area contributed by atoms with Crippen molar-refractivity contribution in [3.05, 3.63) is 40.7 Å². The van der Waals surface area contributed by atoms with Gasteiger partial charge in [0.2, 0.25) is 0 Å². The van der Waals surface area contributed by atoms with Crippen molar-refractivity contribution in [2.24, 2.45) is 10.7 Å². The Morgan fingerprint density at radius 2 is 2.47 bits per heavy atom. The Kier molecular flexibility index (Phi) is 5.43. The van der Waals surface area contributed by atoms with Gasteiger partial charge in [-0.25, -0.2) is 0 Å². The zero-order valence-electron chi connectivity index (χ0n) is 8.59. The molecule has 1 aromatic rings. The minimum atomic E-state index is 0.342. The summed E-state index contributed by atoms with van der Waals surface area (Å²) in [5, 5.41) is 2.03. The van der Waals surface area contributed by atoms with Gasteiger partial charge in [-0.2, -0.15) is 0 Å². The van der Waals surface area contributed by atoms with Gasteiger partial charge in [0.05, 0.1) is 5.71 Å². The number of nitrogens with two attached hydrogens (primary N) is 1. The van der Waals surface area contributed by atoms with Crippen LogP contribution >= 0.6 is 11.3 Å². The van der Waals surface area contributed by atoms with Crippen LogP contribution in [-0.4, -0.2) is 19.6 Å². The second-order valence-electron chi connectivity index (χ2n) is 2.71. The Hall–Kier alpha value is -1.39. The van der Waals surface area contributed by atoms with Gasteiger partial charge in [-0.15, -0.1) is 11.3 Å². The summed E-state index contributed by atoms with van der Waals surface area (Å²) in [5.41, 5.74) is 6.12. The van der Waals surface area contributed by atoms with E-state index in [0.717, 1.165) is 5.71 Å². The highest BCUT2D eigenvalue weighted by molar-refractivity contribution is 7.10. The Morgan fingerprint density at radius 3 is 3.07 bits per heavy atom. The molecule has 0 unspecified atom stereocenters. The van der Waals surface area contributed by atoms with Crippen LogP contribution in [0.2, 0.25) is 0 Å². The molecule has 3 nitrogen and oxygen atoms in total. The van der Waals surface area contributed by atoms with Crippen LogP contribution in [-0.2, 0) is 4.74 Å². The normalized spacial score (nSPS) is 13.0. The van der Waals surface area contributed by atoms with Gasteiger partial charge in [0.1, 0.15) is 6.73 Å². The fraction of sp³-hybridized carbons (Fsp3) is 0.182. The van der Waals surface area contributed by atoms with E-state index in [1.807, 2.05) is 29.7 Å². The largest absolute Gasteiger partial charge is 0.405 e. The molecule has 0 amide bonds. The summed E-state index contributed by atoms with van der Waals surface area (Å²) in [7, 11) is 1.61. The molecule has 2 N–H and O–H groups in total. The quantitative estimate of drug-likeness (QED) is 0.777. The molecule has 0 fully saturated rings. The predicted molar refractivity (Wildman–Crippen MR) is 66.0 cm³/mol. The average molecular weight is 222 g/mol. The van der Waals surface area contributed by atoms with Crippen LogP contribution in [0, 0.1) is 0 Å². The zero-order chi connectivity index (χ0) is 10.9. The minimum Gasteiger partial charge on any atom is -0.405 e. The van der Waals surface area contributed by atoms with E-state index in [-0.39, 0.29) is 0 Å². The fourth-order valence-corrected chi connectivity index (χ4v) is 1.57. The maximum Gasteiger partial charge on any atom is 0.137 e. The summed E-state index contributed by atoms with van der Waals surface area (Å²) < 4.78 is 4.86. The third kappa shape index (κ3) is 4.58. The Labute approximate surface area is 93.6 Å². The molecule has 0 radical (unpaired) electrons. The molecule has 1 heterocycles. The van der Waals surface area contributed by atoms with Crippen molar-refractivity contribution in [3.8, 4) is 0 Å². The maximum absolute atomic E-state index is 5.32. The van der Waals surface area contributed by atoms with Crippen molar-refractivity contribution in [2.75, 3.05) is 13.8 Å². The number of methoxy groups -OCH3 is 1. The first-order valence-corrected chi connectivity index (χ1v) is 5.38. The molecule has 0 saturated carbocycles. The van der Waals surface area contributed by atoms with Crippen LogP contribution in [0.1, 0.15) is 4.88 Å². The molecule has 0 atom stereocenters. The highest BCUT2D eigenvalue weighted by Crippen LogP contribution is 2.10. The molecular weight excluding hydrogens is 208 g/mol. The summed E-state index contributed by atoms with van der Waals surface area (Å²) in [6, 6.07) is 4.05. The third-order valence-corrected chi connectivity index (χ3v) is 2.44. The molecule has 1 aromatic heterocycles. The van der Waals surface area contributed by atoms with Gasteiger partial charge in [-0.05, 0) is 35.9 Å². The van der Waals surface area contributed by atoms with E-state index in [1.54, 1.807) is 24.5 Å². The van der Waals surface area contributed by atoms with Crippen molar-refractivity contribution in [2.45, 2.75) is 0 Å². The van der Waals surface area contributed by atoms with Crippen molar-refractivity contribution in [1.82, 2.24) is 0 Å². The topological polar surface area (TPSA) is 47.6 Å².